The van der Waals surface area contributed by atoms with Gasteiger partial charge in [-0.05, 0) is 38.6 Å². The molecule has 0 bridgehead atoms. The molecular weight excluding hydrogens is 236 g/mol. The monoisotopic (exact) mass is 260 g/mol. The van der Waals surface area contributed by atoms with Gasteiger partial charge in [-0.2, -0.15) is 0 Å². The zero-order valence-corrected chi connectivity index (χ0v) is 12.4. The summed E-state index contributed by atoms with van der Waals surface area (Å²) in [5.74, 6) is -0.0630. The number of amides is 1. The van der Waals surface area contributed by atoms with Gasteiger partial charge in [0.1, 0.15) is 0 Å². The number of hydrogen-bond donors (Lipinski definition) is 1. The molecule has 0 radical (unpaired) electrons. The molecule has 1 rings (SSSR count). The van der Waals surface area contributed by atoms with E-state index < -0.39 is 0 Å². The summed E-state index contributed by atoms with van der Waals surface area (Å²) in [5, 5.41) is 2.95. The molecule has 0 aliphatic rings. The molecule has 0 aliphatic carbocycles. The second-order valence-electron chi connectivity index (χ2n) is 4.83. The number of hydrogen-bond acceptors (Lipinski definition) is 2. The molecular formula is C16H24N2O. The molecule has 0 saturated heterocycles. The minimum absolute atomic E-state index is 0.0630. The summed E-state index contributed by atoms with van der Waals surface area (Å²) in [4.78, 5) is 14.1. The summed E-state index contributed by atoms with van der Waals surface area (Å²) in [6.07, 6.45) is 1.62. The average molecular weight is 260 g/mol. The molecule has 3 nitrogen and oxygen atoms in total. The van der Waals surface area contributed by atoms with Crippen molar-refractivity contribution in [3.8, 4) is 0 Å². The Morgan fingerprint density at radius 1 is 1.21 bits per heavy atom. The fourth-order valence-electron chi connectivity index (χ4n) is 1.90. The molecule has 1 aromatic rings. The quantitative estimate of drug-likeness (QED) is 0.795. The van der Waals surface area contributed by atoms with Crippen molar-refractivity contribution in [3.05, 3.63) is 41.5 Å². The normalized spacial score (nSPS) is 10.4. The summed E-state index contributed by atoms with van der Waals surface area (Å²) in [7, 11) is 0. The van der Waals surface area contributed by atoms with Crippen LogP contribution in [-0.4, -0.2) is 23.9 Å². The molecule has 0 unspecified atom stereocenters. The van der Waals surface area contributed by atoms with Crippen molar-refractivity contribution in [1.82, 2.24) is 4.90 Å². The number of nitrogens with zero attached hydrogens (tertiary/aromatic N) is 1. The smallest absolute Gasteiger partial charge is 0.248 e. The van der Waals surface area contributed by atoms with Crippen molar-refractivity contribution < 1.29 is 4.79 Å². The van der Waals surface area contributed by atoms with E-state index >= 15 is 0 Å². The van der Waals surface area contributed by atoms with Gasteiger partial charge in [0.2, 0.25) is 5.91 Å². The zero-order valence-electron chi connectivity index (χ0n) is 12.4. The van der Waals surface area contributed by atoms with E-state index in [2.05, 4.69) is 30.1 Å². The molecule has 0 aromatic heterocycles. The number of anilines is 1. The lowest BCUT2D eigenvalue weighted by atomic mass is 10.1. The van der Waals surface area contributed by atoms with Crippen molar-refractivity contribution >= 4 is 11.6 Å². The van der Waals surface area contributed by atoms with Gasteiger partial charge in [-0.25, -0.2) is 0 Å². The number of carbonyl (C=O) groups excluding carboxylic acids is 1. The first kappa shape index (κ1) is 15.4. The van der Waals surface area contributed by atoms with Crippen molar-refractivity contribution in [2.75, 3.05) is 18.4 Å². The summed E-state index contributed by atoms with van der Waals surface area (Å²) >= 11 is 0. The number of benzene rings is 1. The summed E-state index contributed by atoms with van der Waals surface area (Å²) < 4.78 is 0. The van der Waals surface area contributed by atoms with Crippen LogP contribution >= 0.6 is 0 Å². The molecule has 3 heteroatoms. The number of para-hydroxylation sites is 1. The first-order chi connectivity index (χ1) is 9.06. The number of nitrogens with one attached hydrogen (secondary N) is 1. The van der Waals surface area contributed by atoms with Gasteiger partial charge in [0.15, 0.2) is 0 Å². The van der Waals surface area contributed by atoms with Gasteiger partial charge >= 0.3 is 0 Å². The molecule has 0 heterocycles. The Labute approximate surface area is 116 Å². The third-order valence-corrected chi connectivity index (χ3v) is 2.98. The molecule has 1 N–H and O–H groups in total. The van der Waals surface area contributed by atoms with Crippen LogP contribution in [0.1, 0.15) is 33.3 Å². The molecule has 0 saturated carbocycles. The standard InChI is InChI=1S/C16H24N2O/c1-5-18(6-2)12-14-9-7-8-10-15(14)17-16(19)11-13(3)4/h7-11H,5-6,12H2,1-4H3,(H,17,19). The molecule has 0 atom stereocenters. The highest BCUT2D eigenvalue weighted by Crippen LogP contribution is 2.17. The van der Waals surface area contributed by atoms with Crippen LogP contribution in [0.2, 0.25) is 0 Å². The predicted molar refractivity (Wildman–Crippen MR) is 81.1 cm³/mol. The summed E-state index contributed by atoms with van der Waals surface area (Å²) in [6, 6.07) is 7.98. The van der Waals surface area contributed by atoms with E-state index in [0.29, 0.717) is 0 Å². The Hall–Kier alpha value is -1.61. The van der Waals surface area contributed by atoms with Crippen LogP contribution in [0.25, 0.3) is 0 Å². The fraction of sp³-hybridized carbons (Fsp3) is 0.438. The maximum atomic E-state index is 11.8. The van der Waals surface area contributed by atoms with E-state index in [-0.39, 0.29) is 5.91 Å². The highest BCUT2D eigenvalue weighted by Gasteiger charge is 2.07. The molecule has 0 fully saturated rings. The third kappa shape index (κ3) is 5.26. The van der Waals surface area contributed by atoms with E-state index in [4.69, 9.17) is 0 Å². The molecule has 19 heavy (non-hydrogen) atoms. The van der Waals surface area contributed by atoms with Crippen LogP contribution in [0, 0.1) is 0 Å². The Balaban J connectivity index is 2.84. The summed E-state index contributed by atoms with van der Waals surface area (Å²) in [5.41, 5.74) is 3.05. The predicted octanol–water partition coefficient (Wildman–Crippen LogP) is 3.43. The van der Waals surface area contributed by atoms with Gasteiger partial charge in [0.25, 0.3) is 0 Å². The first-order valence-corrected chi connectivity index (χ1v) is 6.83. The maximum absolute atomic E-state index is 11.8. The first-order valence-electron chi connectivity index (χ1n) is 6.83. The Kier molecular flexibility index (Phi) is 6.30. The van der Waals surface area contributed by atoms with Gasteiger partial charge in [0, 0.05) is 18.3 Å². The van der Waals surface area contributed by atoms with Crippen molar-refractivity contribution in [1.29, 1.82) is 0 Å². The topological polar surface area (TPSA) is 32.3 Å². The lowest BCUT2D eigenvalue weighted by Gasteiger charge is -2.20. The van der Waals surface area contributed by atoms with Gasteiger partial charge in [-0.1, -0.05) is 37.6 Å². The van der Waals surface area contributed by atoms with Crippen LogP contribution < -0.4 is 5.32 Å². The van der Waals surface area contributed by atoms with Gasteiger partial charge in [-0.3, -0.25) is 9.69 Å². The lowest BCUT2D eigenvalue weighted by Crippen LogP contribution is -2.23. The SMILES string of the molecule is CCN(CC)Cc1ccccc1NC(=O)C=C(C)C. The maximum Gasteiger partial charge on any atom is 0.248 e. The van der Waals surface area contributed by atoms with Crippen LogP contribution in [-0.2, 0) is 11.3 Å². The van der Waals surface area contributed by atoms with Crippen molar-refractivity contribution in [3.63, 3.8) is 0 Å². The van der Waals surface area contributed by atoms with Gasteiger partial charge in [-0.15, -0.1) is 0 Å². The summed E-state index contributed by atoms with van der Waals surface area (Å²) in [6.45, 7) is 11.0. The van der Waals surface area contributed by atoms with Crippen LogP contribution in [0.5, 0.6) is 0 Å². The Morgan fingerprint density at radius 2 is 1.84 bits per heavy atom. The van der Waals surface area contributed by atoms with Crippen LogP contribution in [0.15, 0.2) is 35.9 Å². The average Bonchev–Trinajstić information content (AvgIpc) is 2.36. The van der Waals surface area contributed by atoms with E-state index in [1.807, 2.05) is 32.0 Å². The molecule has 0 aliphatic heterocycles. The highest BCUT2D eigenvalue weighted by molar-refractivity contribution is 6.00. The van der Waals surface area contributed by atoms with Gasteiger partial charge in [0.05, 0.1) is 0 Å². The Morgan fingerprint density at radius 3 is 2.42 bits per heavy atom. The van der Waals surface area contributed by atoms with Gasteiger partial charge < -0.3 is 5.32 Å². The largest absolute Gasteiger partial charge is 0.322 e. The van der Waals surface area contributed by atoms with Crippen LogP contribution in [0.4, 0.5) is 5.69 Å². The van der Waals surface area contributed by atoms with E-state index in [1.54, 1.807) is 6.08 Å². The van der Waals surface area contributed by atoms with E-state index in [9.17, 15) is 4.79 Å². The number of carbonyl (C=O) groups is 1. The minimum atomic E-state index is -0.0630. The Bertz CT molecular complexity index is 444. The lowest BCUT2D eigenvalue weighted by molar-refractivity contribution is -0.111. The molecule has 0 spiro atoms. The van der Waals surface area contributed by atoms with Crippen LogP contribution in [0.3, 0.4) is 0 Å². The second kappa shape index (κ2) is 7.74. The molecule has 104 valence electrons. The minimum Gasteiger partial charge on any atom is -0.322 e. The van der Waals surface area contributed by atoms with Crippen molar-refractivity contribution in [2.24, 2.45) is 0 Å². The fourth-order valence-corrected chi connectivity index (χ4v) is 1.90. The van der Waals surface area contributed by atoms with E-state index in [0.717, 1.165) is 36.5 Å². The van der Waals surface area contributed by atoms with E-state index in [1.165, 1.54) is 0 Å². The van der Waals surface area contributed by atoms with Crippen molar-refractivity contribution in [2.45, 2.75) is 34.2 Å². The second-order valence-corrected chi connectivity index (χ2v) is 4.83. The zero-order chi connectivity index (χ0) is 14.3. The highest BCUT2D eigenvalue weighted by atomic mass is 16.1. The number of allylic oxidation sites excluding steroid dienone is 1. The number of rotatable bonds is 6. The molecule has 1 aromatic carbocycles. The third-order valence-electron chi connectivity index (χ3n) is 2.98. The molecule has 1 amide bonds.